The highest BCUT2D eigenvalue weighted by atomic mass is 127. The molecule has 5 nitrogen and oxygen atoms in total. The Labute approximate surface area is 213 Å². The van der Waals surface area contributed by atoms with E-state index in [1.54, 1.807) is 31.2 Å². The molecule has 1 fully saturated rings. The number of hydrazone groups is 1. The van der Waals surface area contributed by atoms with E-state index in [0.29, 0.717) is 10.6 Å². The summed E-state index contributed by atoms with van der Waals surface area (Å²) in [6.07, 6.45) is 1.10. The largest absolute Gasteiger partial charge is 0.345 e. The van der Waals surface area contributed by atoms with E-state index >= 15 is 0 Å². The molecule has 1 aliphatic rings. The van der Waals surface area contributed by atoms with Gasteiger partial charge in [-0.1, -0.05) is 36.7 Å². The van der Waals surface area contributed by atoms with E-state index in [1.807, 2.05) is 6.92 Å². The number of benzene rings is 1. The topological polar surface area (TPSA) is 66.4 Å². The highest BCUT2D eigenvalue weighted by Crippen LogP contribution is 2.51. The average Bonchev–Trinajstić information content (AvgIpc) is 2.78. The highest BCUT2D eigenvalue weighted by molar-refractivity contribution is 14.1. The number of hydrogen-bond acceptors (Lipinski definition) is 4. The molecule has 1 saturated carbocycles. The molecule has 1 aromatic heterocycles. The molecule has 34 heavy (non-hydrogen) atoms. The molecule has 1 aliphatic carbocycles. The lowest BCUT2D eigenvalue weighted by atomic mass is 9.67. The van der Waals surface area contributed by atoms with Crippen molar-refractivity contribution in [3.63, 3.8) is 0 Å². The zero-order valence-corrected chi connectivity index (χ0v) is 21.4. The van der Waals surface area contributed by atoms with Gasteiger partial charge < -0.3 is 5.32 Å². The lowest BCUT2D eigenvalue weighted by molar-refractivity contribution is -0.0705. The van der Waals surface area contributed by atoms with Gasteiger partial charge in [-0.3, -0.25) is 10.2 Å². The van der Waals surface area contributed by atoms with E-state index in [2.05, 4.69) is 20.8 Å². The molecule has 184 valence electrons. The second-order valence-electron chi connectivity index (χ2n) is 8.53. The molecule has 1 atom stereocenters. The maximum absolute atomic E-state index is 13.9. The number of carbonyl (C=O) groups excluding carboxylic acids is 1. The van der Waals surface area contributed by atoms with Crippen LogP contribution in [0.5, 0.6) is 0 Å². The Morgan fingerprint density at radius 3 is 2.44 bits per heavy atom. The summed E-state index contributed by atoms with van der Waals surface area (Å²) in [7, 11) is 0. The maximum Gasteiger partial charge on any atom is 0.338 e. The minimum absolute atomic E-state index is 0.0169. The van der Waals surface area contributed by atoms with E-state index in [4.69, 9.17) is 11.6 Å². The number of pyridine rings is 1. The van der Waals surface area contributed by atoms with Crippen molar-refractivity contribution < 1.29 is 22.4 Å². The standard InChI is InChI=1S/C23H24ClF4IN4O/c1-3-30-33-19-15(8-9-17(31-19)23(27,28)29)20(34)32-18(14-6-4-5-7-16(14)24)21(2)10-12-22(25,26)13-11-21/h3-9,18H,10-13H2,1-2H3,(H,31,33)(H,32,34)/b30-3-. The van der Waals surface area contributed by atoms with Gasteiger partial charge in [-0.15, -0.1) is 0 Å². The third kappa shape index (κ3) is 6.18. The van der Waals surface area contributed by atoms with Crippen LogP contribution in [-0.4, -0.2) is 23.0 Å². The minimum atomic E-state index is -3.25. The maximum atomic E-state index is 13.9. The van der Waals surface area contributed by atoms with Gasteiger partial charge in [-0.05, 0) is 48.9 Å². The Bertz CT molecular complexity index is 1070. The quantitative estimate of drug-likeness (QED) is 0.114. The van der Waals surface area contributed by atoms with E-state index in [-0.39, 0.29) is 37.1 Å². The molecular formula is C23H24ClF4IN4O. The number of carbonyl (C=O) groups is 1. The van der Waals surface area contributed by atoms with Crippen molar-refractivity contribution >= 4 is 52.1 Å². The summed E-state index contributed by atoms with van der Waals surface area (Å²) in [6, 6.07) is 8.50. The van der Waals surface area contributed by atoms with Crippen molar-refractivity contribution in [1.29, 1.82) is 0 Å². The monoisotopic (exact) mass is 610 g/mol. The first-order chi connectivity index (χ1) is 15.9. The van der Waals surface area contributed by atoms with Gasteiger partial charge in [0.05, 0.1) is 11.6 Å². The molecule has 0 saturated heterocycles. The fourth-order valence-electron chi connectivity index (χ4n) is 4.03. The van der Waals surface area contributed by atoms with Gasteiger partial charge in [-0.25, -0.2) is 13.8 Å². The second-order valence-corrected chi connectivity index (χ2v) is 10.3. The summed E-state index contributed by atoms with van der Waals surface area (Å²) >= 11 is 7.38. The highest BCUT2D eigenvalue weighted by Gasteiger charge is 2.46. The Hall–Kier alpha value is -1.95. The number of halogens is 6. The molecule has 3 rings (SSSR count). The van der Waals surface area contributed by atoms with E-state index in [0.717, 1.165) is 28.7 Å². The van der Waals surface area contributed by atoms with Gasteiger partial charge in [0.2, 0.25) is 5.92 Å². The molecule has 1 heterocycles. The zero-order chi connectivity index (χ0) is 25.1. The van der Waals surface area contributed by atoms with Crippen LogP contribution in [0.3, 0.4) is 0 Å². The first-order valence-electron chi connectivity index (χ1n) is 10.6. The van der Waals surface area contributed by atoms with Crippen LogP contribution >= 0.6 is 34.2 Å². The first-order valence-corrected chi connectivity index (χ1v) is 12.1. The van der Waals surface area contributed by atoms with Crippen LogP contribution in [0.1, 0.15) is 67.2 Å². The number of rotatable bonds is 7. The molecule has 0 radical (unpaired) electrons. The molecule has 0 spiro atoms. The number of aromatic nitrogens is 1. The van der Waals surface area contributed by atoms with Crippen molar-refractivity contribution in [1.82, 2.24) is 10.3 Å². The molecule has 2 aromatic rings. The zero-order valence-electron chi connectivity index (χ0n) is 18.5. The summed E-state index contributed by atoms with van der Waals surface area (Å²) in [4.78, 5) is 17.3. The number of nitrogens with zero attached hydrogens (tertiary/aromatic N) is 2. The number of alkyl halides is 5. The van der Waals surface area contributed by atoms with E-state index in [1.165, 1.54) is 12.3 Å². The predicted octanol–water partition coefficient (Wildman–Crippen LogP) is 7.32. The second kappa shape index (κ2) is 10.3. The fraction of sp³-hybridized carbons (Fsp3) is 0.435. The number of amides is 1. The lowest BCUT2D eigenvalue weighted by Crippen LogP contribution is -2.43. The summed E-state index contributed by atoms with van der Waals surface area (Å²) in [6.45, 7) is 3.45. The van der Waals surface area contributed by atoms with Crippen molar-refractivity contribution in [2.45, 2.75) is 55.4 Å². The van der Waals surface area contributed by atoms with Gasteiger partial charge in [0, 0.05) is 46.7 Å². The van der Waals surface area contributed by atoms with E-state index in [9.17, 15) is 22.4 Å². The molecule has 11 heteroatoms. The van der Waals surface area contributed by atoms with Gasteiger partial charge in [-0.2, -0.15) is 13.9 Å². The van der Waals surface area contributed by atoms with Gasteiger partial charge in [0.1, 0.15) is 5.69 Å². The summed E-state index contributed by atoms with van der Waals surface area (Å²) in [5, 5.41) is 7.11. The molecule has 2 N–H and O–H groups in total. The van der Waals surface area contributed by atoms with Gasteiger partial charge in [0.15, 0.2) is 5.82 Å². The summed E-state index contributed by atoms with van der Waals surface area (Å²) < 4.78 is 52.2. The summed E-state index contributed by atoms with van der Waals surface area (Å²) in [5.41, 5.74) is 1.84. The van der Waals surface area contributed by atoms with Crippen molar-refractivity contribution in [2.24, 2.45) is 10.5 Å². The Morgan fingerprint density at radius 1 is 1.21 bits per heavy atom. The third-order valence-electron chi connectivity index (χ3n) is 6.04. The molecule has 1 unspecified atom stereocenters. The van der Waals surface area contributed by atoms with E-state index < -0.39 is 32.9 Å². The SMILES string of the molecule is C/C=N\Nc1nc(C(F)(F)I)ccc1C(=O)NC(c1ccccc1Cl)C1(C)CCC(F)(F)CC1. The molecule has 0 bridgehead atoms. The third-order valence-corrected chi connectivity index (χ3v) is 6.94. The van der Waals surface area contributed by atoms with Crippen LogP contribution in [0.25, 0.3) is 0 Å². The Kier molecular flexibility index (Phi) is 8.11. The van der Waals surface area contributed by atoms with Crippen LogP contribution in [0.4, 0.5) is 23.4 Å². The average molecular weight is 611 g/mol. The van der Waals surface area contributed by atoms with Gasteiger partial charge >= 0.3 is 3.93 Å². The van der Waals surface area contributed by atoms with Crippen LogP contribution < -0.4 is 10.7 Å². The molecule has 1 amide bonds. The number of nitrogens with one attached hydrogen (secondary N) is 2. The minimum Gasteiger partial charge on any atom is -0.345 e. The molecule has 1 aromatic carbocycles. The first kappa shape index (κ1) is 26.7. The number of anilines is 1. The van der Waals surface area contributed by atoms with Crippen molar-refractivity contribution in [3.05, 3.63) is 58.2 Å². The van der Waals surface area contributed by atoms with Gasteiger partial charge in [0.25, 0.3) is 5.91 Å². The molecule has 0 aliphatic heterocycles. The summed E-state index contributed by atoms with van der Waals surface area (Å²) in [5.74, 6) is -3.52. The smallest absolute Gasteiger partial charge is 0.338 e. The van der Waals surface area contributed by atoms with Crippen LogP contribution in [-0.2, 0) is 3.93 Å². The van der Waals surface area contributed by atoms with Crippen molar-refractivity contribution in [3.8, 4) is 0 Å². The van der Waals surface area contributed by atoms with Crippen molar-refractivity contribution in [2.75, 3.05) is 5.43 Å². The Morgan fingerprint density at radius 2 is 1.85 bits per heavy atom. The predicted molar refractivity (Wildman–Crippen MR) is 133 cm³/mol. The van der Waals surface area contributed by atoms with Crippen LogP contribution in [0.15, 0.2) is 41.5 Å². The van der Waals surface area contributed by atoms with Crippen LogP contribution in [0.2, 0.25) is 5.02 Å². The lowest BCUT2D eigenvalue weighted by Gasteiger charge is -2.43. The van der Waals surface area contributed by atoms with Crippen LogP contribution in [0, 0.1) is 5.41 Å². The normalized spacial score (nSPS) is 18.5. The molecular weight excluding hydrogens is 587 g/mol. The fourth-order valence-corrected chi connectivity index (χ4v) is 4.58. The Balaban J connectivity index is 2.00. The number of hydrogen-bond donors (Lipinski definition) is 2.